The van der Waals surface area contributed by atoms with Gasteiger partial charge in [0.25, 0.3) is 5.91 Å². The highest BCUT2D eigenvalue weighted by atomic mass is 16.3. The average Bonchev–Trinajstić information content (AvgIpc) is 2.45. The predicted octanol–water partition coefficient (Wildman–Crippen LogP) is 3.29. The van der Waals surface area contributed by atoms with Crippen LogP contribution >= 0.6 is 0 Å². The van der Waals surface area contributed by atoms with Crippen LogP contribution in [0.1, 0.15) is 27.9 Å². The summed E-state index contributed by atoms with van der Waals surface area (Å²) in [4.78, 5) is 14.4. The summed E-state index contributed by atoms with van der Waals surface area (Å²) in [5, 5.41) is 9.52. The number of aryl methyl sites for hydroxylation is 2. The number of nitrogens with zero attached hydrogens (tertiary/aromatic N) is 1. The highest BCUT2D eigenvalue weighted by molar-refractivity contribution is 6.07. The summed E-state index contributed by atoms with van der Waals surface area (Å²) >= 11 is 0. The van der Waals surface area contributed by atoms with Gasteiger partial charge in [-0.1, -0.05) is 23.8 Å². The van der Waals surface area contributed by atoms with Crippen LogP contribution in [0, 0.1) is 6.92 Å². The first-order valence-corrected chi connectivity index (χ1v) is 6.85. The van der Waals surface area contributed by atoms with Crippen molar-refractivity contribution < 1.29 is 9.90 Å². The van der Waals surface area contributed by atoms with E-state index in [1.54, 1.807) is 18.2 Å². The Morgan fingerprint density at radius 2 is 2.05 bits per heavy atom. The molecular formula is C17H17NO2. The summed E-state index contributed by atoms with van der Waals surface area (Å²) in [5.41, 5.74) is 3.97. The quantitative estimate of drug-likeness (QED) is 0.861. The Hall–Kier alpha value is -2.29. The zero-order chi connectivity index (χ0) is 14.1. The number of phenolic OH excluding ortho intramolecular Hbond substituents is 1. The van der Waals surface area contributed by atoms with Gasteiger partial charge >= 0.3 is 0 Å². The highest BCUT2D eigenvalue weighted by Crippen LogP contribution is 2.29. The lowest BCUT2D eigenvalue weighted by molar-refractivity contribution is 0.0984. The number of amides is 1. The first kappa shape index (κ1) is 12.7. The Morgan fingerprint density at radius 3 is 2.85 bits per heavy atom. The van der Waals surface area contributed by atoms with E-state index in [0.717, 1.165) is 25.1 Å². The molecule has 1 amide bonds. The molecule has 0 radical (unpaired) electrons. The smallest absolute Gasteiger partial charge is 0.258 e. The Kier molecular flexibility index (Phi) is 3.18. The van der Waals surface area contributed by atoms with Gasteiger partial charge in [-0.25, -0.2) is 0 Å². The molecular weight excluding hydrogens is 250 g/mol. The maximum atomic E-state index is 12.6. The van der Waals surface area contributed by atoms with Gasteiger partial charge in [-0.2, -0.15) is 0 Å². The number of hydrogen-bond acceptors (Lipinski definition) is 2. The summed E-state index contributed by atoms with van der Waals surface area (Å²) in [5.74, 6) is 0.0719. The lowest BCUT2D eigenvalue weighted by Gasteiger charge is -2.30. The lowest BCUT2D eigenvalue weighted by atomic mass is 9.99. The molecule has 0 spiro atoms. The van der Waals surface area contributed by atoms with Crippen molar-refractivity contribution in [2.75, 3.05) is 11.4 Å². The van der Waals surface area contributed by atoms with Gasteiger partial charge in [0.15, 0.2) is 0 Å². The maximum Gasteiger partial charge on any atom is 0.258 e. The third-order valence-electron chi connectivity index (χ3n) is 3.69. The minimum Gasteiger partial charge on any atom is -0.508 e. The number of anilines is 1. The molecule has 0 saturated heterocycles. The fraction of sp³-hybridized carbons (Fsp3) is 0.235. The highest BCUT2D eigenvalue weighted by Gasteiger charge is 2.23. The normalized spacial score (nSPS) is 13.9. The van der Waals surface area contributed by atoms with Gasteiger partial charge < -0.3 is 10.0 Å². The molecule has 0 bridgehead atoms. The first-order chi connectivity index (χ1) is 9.65. The van der Waals surface area contributed by atoms with Crippen molar-refractivity contribution in [3.63, 3.8) is 0 Å². The molecule has 2 aromatic rings. The van der Waals surface area contributed by atoms with Gasteiger partial charge in [0, 0.05) is 17.8 Å². The van der Waals surface area contributed by atoms with E-state index in [4.69, 9.17) is 0 Å². The Morgan fingerprint density at radius 1 is 1.20 bits per heavy atom. The van der Waals surface area contributed by atoms with E-state index in [1.165, 1.54) is 17.2 Å². The zero-order valence-corrected chi connectivity index (χ0v) is 11.5. The van der Waals surface area contributed by atoms with E-state index in [0.29, 0.717) is 5.56 Å². The molecule has 3 rings (SSSR count). The number of rotatable bonds is 1. The van der Waals surface area contributed by atoms with Gasteiger partial charge in [0.05, 0.1) is 0 Å². The van der Waals surface area contributed by atoms with Crippen LogP contribution in [0.5, 0.6) is 5.75 Å². The first-order valence-electron chi connectivity index (χ1n) is 6.85. The van der Waals surface area contributed by atoms with Crippen LogP contribution in [-0.2, 0) is 6.42 Å². The summed E-state index contributed by atoms with van der Waals surface area (Å²) in [6.07, 6.45) is 1.99. The zero-order valence-electron chi connectivity index (χ0n) is 11.5. The van der Waals surface area contributed by atoms with Crippen LogP contribution in [0.25, 0.3) is 0 Å². The second-order valence-electron chi connectivity index (χ2n) is 5.24. The SMILES string of the molecule is Cc1ccc2c(c1)CCCN2C(=O)c1cccc(O)c1. The Balaban J connectivity index is 1.98. The molecule has 0 aliphatic carbocycles. The van der Waals surface area contributed by atoms with E-state index in [2.05, 4.69) is 13.0 Å². The molecule has 0 saturated carbocycles. The molecule has 102 valence electrons. The minimum absolute atomic E-state index is 0.0503. The summed E-state index contributed by atoms with van der Waals surface area (Å²) in [7, 11) is 0. The van der Waals surface area contributed by atoms with Gasteiger partial charge in [-0.15, -0.1) is 0 Å². The van der Waals surface area contributed by atoms with Crippen LogP contribution in [0.2, 0.25) is 0 Å². The van der Waals surface area contributed by atoms with Crippen molar-refractivity contribution >= 4 is 11.6 Å². The van der Waals surface area contributed by atoms with E-state index in [-0.39, 0.29) is 11.7 Å². The average molecular weight is 267 g/mol. The molecule has 0 atom stereocenters. The largest absolute Gasteiger partial charge is 0.508 e. The molecule has 1 heterocycles. The van der Waals surface area contributed by atoms with Crippen molar-refractivity contribution in [2.45, 2.75) is 19.8 Å². The van der Waals surface area contributed by atoms with Crippen molar-refractivity contribution in [1.82, 2.24) is 0 Å². The van der Waals surface area contributed by atoms with Crippen molar-refractivity contribution in [1.29, 1.82) is 0 Å². The molecule has 1 aliphatic heterocycles. The number of fused-ring (bicyclic) bond motifs is 1. The predicted molar refractivity (Wildman–Crippen MR) is 79.3 cm³/mol. The standard InChI is InChI=1S/C17H17NO2/c1-12-7-8-16-13(10-12)5-3-9-18(16)17(20)14-4-2-6-15(19)11-14/h2,4,6-8,10-11,19H,3,5,9H2,1H3. The monoisotopic (exact) mass is 267 g/mol. The van der Waals surface area contributed by atoms with Crippen LogP contribution in [0.4, 0.5) is 5.69 Å². The van der Waals surface area contributed by atoms with E-state index in [1.807, 2.05) is 17.0 Å². The number of benzene rings is 2. The molecule has 2 aromatic carbocycles. The second kappa shape index (κ2) is 5.00. The maximum absolute atomic E-state index is 12.6. The van der Waals surface area contributed by atoms with Crippen LogP contribution in [-0.4, -0.2) is 17.6 Å². The third-order valence-corrected chi connectivity index (χ3v) is 3.69. The molecule has 20 heavy (non-hydrogen) atoms. The Labute approximate surface area is 118 Å². The van der Waals surface area contributed by atoms with E-state index >= 15 is 0 Å². The molecule has 3 nitrogen and oxygen atoms in total. The molecule has 3 heteroatoms. The van der Waals surface area contributed by atoms with E-state index < -0.39 is 0 Å². The minimum atomic E-state index is -0.0503. The Bertz CT molecular complexity index is 664. The van der Waals surface area contributed by atoms with Crippen LogP contribution < -0.4 is 4.90 Å². The fourth-order valence-corrected chi connectivity index (χ4v) is 2.73. The van der Waals surface area contributed by atoms with Crippen LogP contribution in [0.3, 0.4) is 0 Å². The van der Waals surface area contributed by atoms with Crippen LogP contribution in [0.15, 0.2) is 42.5 Å². The number of aromatic hydroxyl groups is 1. The number of phenols is 1. The van der Waals surface area contributed by atoms with Gasteiger partial charge in [0.1, 0.15) is 5.75 Å². The molecule has 0 aromatic heterocycles. The topological polar surface area (TPSA) is 40.5 Å². The lowest BCUT2D eigenvalue weighted by Crippen LogP contribution is -2.35. The van der Waals surface area contributed by atoms with Gasteiger partial charge in [-0.05, 0) is 49.6 Å². The van der Waals surface area contributed by atoms with Crippen molar-refractivity contribution in [3.8, 4) is 5.75 Å². The summed E-state index contributed by atoms with van der Waals surface area (Å²) in [6.45, 7) is 2.79. The molecule has 0 fully saturated rings. The molecule has 1 aliphatic rings. The fourth-order valence-electron chi connectivity index (χ4n) is 2.73. The number of hydrogen-bond donors (Lipinski definition) is 1. The second-order valence-corrected chi connectivity index (χ2v) is 5.24. The van der Waals surface area contributed by atoms with Crippen molar-refractivity contribution in [2.24, 2.45) is 0 Å². The number of carbonyl (C=O) groups excluding carboxylic acids is 1. The van der Waals surface area contributed by atoms with Crippen molar-refractivity contribution in [3.05, 3.63) is 59.2 Å². The van der Waals surface area contributed by atoms with Gasteiger partial charge in [0.2, 0.25) is 0 Å². The summed E-state index contributed by atoms with van der Waals surface area (Å²) in [6, 6.07) is 12.7. The van der Waals surface area contributed by atoms with Gasteiger partial charge in [-0.3, -0.25) is 4.79 Å². The third kappa shape index (κ3) is 2.27. The summed E-state index contributed by atoms with van der Waals surface area (Å²) < 4.78 is 0. The van der Waals surface area contributed by atoms with E-state index in [9.17, 15) is 9.90 Å². The molecule has 0 unspecified atom stereocenters. The molecule has 1 N–H and O–H groups in total. The number of carbonyl (C=O) groups is 1.